The maximum atomic E-state index is 10.8. The van der Waals surface area contributed by atoms with E-state index in [0.29, 0.717) is 27.3 Å². The number of benzene rings is 4. The molecular formula is C37H41N3O11S. The van der Waals surface area contributed by atoms with Crippen LogP contribution in [0.5, 0.6) is 40.2 Å². The number of rotatable bonds is 5. The molecule has 9 N–H and O–H groups in total. The highest BCUT2D eigenvalue weighted by Crippen LogP contribution is 2.40. The van der Waals surface area contributed by atoms with Gasteiger partial charge < -0.3 is 45.6 Å². The molecule has 0 saturated heterocycles. The van der Waals surface area contributed by atoms with Crippen molar-refractivity contribution in [1.82, 2.24) is 14.8 Å². The Morgan fingerprint density at radius 2 is 1.17 bits per heavy atom. The number of aromatic amines is 1. The Morgan fingerprint density at radius 3 is 1.65 bits per heavy atom. The van der Waals surface area contributed by atoms with Crippen molar-refractivity contribution in [3.8, 4) is 57.3 Å². The molecule has 5 rings (SSSR count). The first-order valence-corrected chi connectivity index (χ1v) is 15.9. The topological polar surface area (TPSA) is 239 Å². The van der Waals surface area contributed by atoms with Gasteiger partial charge in [0.05, 0.1) is 18.4 Å². The third kappa shape index (κ3) is 9.51. The van der Waals surface area contributed by atoms with Crippen LogP contribution >= 0.6 is 12.2 Å². The van der Waals surface area contributed by atoms with E-state index in [-0.39, 0.29) is 45.0 Å². The Hall–Kier alpha value is -6.22. The van der Waals surface area contributed by atoms with E-state index in [1.807, 2.05) is 65.8 Å². The van der Waals surface area contributed by atoms with E-state index < -0.39 is 23.4 Å². The fraction of sp³-hybridized carbons (Fsp3) is 0.243. The van der Waals surface area contributed by atoms with Crippen LogP contribution in [-0.4, -0.2) is 74.7 Å². The lowest BCUT2D eigenvalue weighted by Gasteiger charge is -2.22. The van der Waals surface area contributed by atoms with Crippen LogP contribution in [0.3, 0.4) is 0 Å². The molecule has 0 spiro atoms. The van der Waals surface area contributed by atoms with Crippen LogP contribution in [0.15, 0.2) is 66.7 Å². The van der Waals surface area contributed by atoms with E-state index in [2.05, 4.69) is 10.2 Å². The summed E-state index contributed by atoms with van der Waals surface area (Å²) in [6.45, 7) is 11.5. The molecule has 52 heavy (non-hydrogen) atoms. The first kappa shape index (κ1) is 40.2. The number of carboxylic acid groups (broad SMARTS) is 2. The van der Waals surface area contributed by atoms with Gasteiger partial charge in [-0.3, -0.25) is 9.67 Å². The van der Waals surface area contributed by atoms with Crippen LogP contribution in [0.1, 0.15) is 73.4 Å². The first-order valence-electron chi connectivity index (χ1n) is 15.5. The standard InChI is InChI=1S/C19H21N3O3S.C11H14O4.C7H6O4/c1-19(2,3)14-9-13(15(23)10-16(14)24)17-20-21-18(26)22(17)11-5-7-12(25-4)8-6-11;1-11(2,3)7-4-6(10(14)15)8(12)5-9(7)13;8-4-1-2-5(7(10)11)6(9)3-4/h5-10,23-24H,1-4H3,(H,21,26);4-5,12-13H,1-3H3,(H,14,15);1-3,8-9H,(H,10,11). The van der Waals surface area contributed by atoms with Crippen molar-refractivity contribution in [3.05, 3.63) is 93.8 Å². The van der Waals surface area contributed by atoms with E-state index in [9.17, 15) is 30.0 Å². The zero-order valence-corrected chi connectivity index (χ0v) is 30.3. The fourth-order valence-corrected chi connectivity index (χ4v) is 5.09. The molecule has 5 aromatic rings. The summed E-state index contributed by atoms with van der Waals surface area (Å²) in [7, 11) is 1.60. The van der Waals surface area contributed by atoms with E-state index in [0.717, 1.165) is 29.6 Å². The van der Waals surface area contributed by atoms with Gasteiger partial charge in [-0.15, -0.1) is 0 Å². The van der Waals surface area contributed by atoms with Crippen LogP contribution in [0, 0.1) is 4.77 Å². The summed E-state index contributed by atoms with van der Waals surface area (Å²) >= 11 is 5.37. The van der Waals surface area contributed by atoms with Crippen LogP contribution in [0.2, 0.25) is 0 Å². The molecule has 0 aliphatic carbocycles. The summed E-state index contributed by atoms with van der Waals surface area (Å²) in [5.41, 5.74) is 1.38. The predicted molar refractivity (Wildman–Crippen MR) is 195 cm³/mol. The Bertz CT molecular complexity index is 2140. The van der Waals surface area contributed by atoms with Crippen molar-refractivity contribution < 1.29 is 55.2 Å². The van der Waals surface area contributed by atoms with Crippen LogP contribution in [-0.2, 0) is 10.8 Å². The number of carboxylic acids is 2. The summed E-state index contributed by atoms with van der Waals surface area (Å²) in [6.07, 6.45) is 0. The number of phenolic OH excluding ortho intramolecular Hbond substituents is 4. The average molecular weight is 736 g/mol. The van der Waals surface area contributed by atoms with Crippen molar-refractivity contribution in [1.29, 1.82) is 0 Å². The van der Waals surface area contributed by atoms with E-state index in [1.165, 1.54) is 18.2 Å². The molecule has 14 nitrogen and oxygen atoms in total. The molecule has 1 aromatic heterocycles. The van der Waals surface area contributed by atoms with Crippen molar-refractivity contribution in [2.75, 3.05) is 7.11 Å². The molecule has 0 atom stereocenters. The smallest absolute Gasteiger partial charge is 0.339 e. The Balaban J connectivity index is 0.000000236. The van der Waals surface area contributed by atoms with Gasteiger partial charge in [0.15, 0.2) is 10.6 Å². The van der Waals surface area contributed by atoms with Gasteiger partial charge in [-0.1, -0.05) is 41.5 Å². The molecule has 0 radical (unpaired) electrons. The Kier molecular flexibility index (Phi) is 12.2. The number of aromatic hydroxyl groups is 6. The van der Waals surface area contributed by atoms with Crippen LogP contribution in [0.25, 0.3) is 17.1 Å². The molecule has 0 bridgehead atoms. The number of hydrogen-bond donors (Lipinski definition) is 9. The van der Waals surface area contributed by atoms with Gasteiger partial charge in [-0.25, -0.2) is 9.59 Å². The lowest BCUT2D eigenvalue weighted by molar-refractivity contribution is 0.0682. The monoisotopic (exact) mass is 735 g/mol. The van der Waals surface area contributed by atoms with E-state index >= 15 is 0 Å². The highest BCUT2D eigenvalue weighted by Gasteiger charge is 2.24. The number of hydrogen-bond acceptors (Lipinski definition) is 11. The second kappa shape index (κ2) is 15.8. The molecule has 0 amide bonds. The minimum absolute atomic E-state index is 0.0453. The van der Waals surface area contributed by atoms with Crippen molar-refractivity contribution in [3.63, 3.8) is 0 Å². The van der Waals surface area contributed by atoms with Gasteiger partial charge in [0.2, 0.25) is 0 Å². The quantitative estimate of drug-likeness (QED) is 0.0812. The number of nitrogens with zero attached hydrogens (tertiary/aromatic N) is 2. The summed E-state index contributed by atoms with van der Waals surface area (Å²) in [4.78, 5) is 21.1. The summed E-state index contributed by atoms with van der Waals surface area (Å²) in [5.74, 6) is -2.37. The molecule has 0 aliphatic heterocycles. The second-order valence-electron chi connectivity index (χ2n) is 13.5. The normalized spacial score (nSPS) is 11.1. The van der Waals surface area contributed by atoms with Crippen molar-refractivity contribution in [2.24, 2.45) is 0 Å². The van der Waals surface area contributed by atoms with Gasteiger partial charge in [-0.05, 0) is 71.6 Å². The molecular weight excluding hydrogens is 694 g/mol. The molecule has 0 unspecified atom stereocenters. The lowest BCUT2D eigenvalue weighted by atomic mass is 9.85. The maximum absolute atomic E-state index is 10.8. The average Bonchev–Trinajstić information content (AvgIpc) is 3.40. The third-order valence-electron chi connectivity index (χ3n) is 7.53. The fourth-order valence-electron chi connectivity index (χ4n) is 4.86. The zero-order chi connectivity index (χ0) is 39.3. The number of aromatic carboxylic acids is 2. The first-order chi connectivity index (χ1) is 24.1. The Labute approximate surface area is 304 Å². The number of aromatic nitrogens is 3. The minimum Gasteiger partial charge on any atom is -0.508 e. The zero-order valence-electron chi connectivity index (χ0n) is 29.5. The number of nitrogens with one attached hydrogen (secondary N) is 1. The Morgan fingerprint density at radius 1 is 0.673 bits per heavy atom. The van der Waals surface area contributed by atoms with Gasteiger partial charge in [0.25, 0.3) is 0 Å². The number of phenols is 6. The number of H-pyrrole nitrogens is 1. The summed E-state index contributed by atoms with van der Waals surface area (Å²) in [6, 6.07) is 16.1. The van der Waals surface area contributed by atoms with Gasteiger partial charge in [0, 0.05) is 29.3 Å². The molecule has 0 fully saturated rings. The lowest BCUT2D eigenvalue weighted by Crippen LogP contribution is -2.12. The molecule has 1 heterocycles. The van der Waals surface area contributed by atoms with Gasteiger partial charge in [-0.2, -0.15) is 5.10 Å². The van der Waals surface area contributed by atoms with Gasteiger partial charge >= 0.3 is 11.9 Å². The van der Waals surface area contributed by atoms with Crippen LogP contribution < -0.4 is 4.74 Å². The molecule has 0 saturated carbocycles. The maximum Gasteiger partial charge on any atom is 0.339 e. The molecule has 0 aliphatic rings. The van der Waals surface area contributed by atoms with E-state index in [4.69, 9.17) is 37.4 Å². The summed E-state index contributed by atoms with van der Waals surface area (Å²) < 4.78 is 7.32. The summed E-state index contributed by atoms with van der Waals surface area (Å²) in [5, 5.41) is 81.5. The largest absolute Gasteiger partial charge is 0.508 e. The molecule has 15 heteroatoms. The minimum atomic E-state index is -1.22. The number of carbonyl (C=O) groups is 2. The third-order valence-corrected chi connectivity index (χ3v) is 7.80. The predicted octanol–water partition coefficient (Wildman–Crippen LogP) is 7.20. The second-order valence-corrected chi connectivity index (χ2v) is 13.9. The molecule has 4 aromatic carbocycles. The van der Waals surface area contributed by atoms with Crippen molar-refractivity contribution in [2.45, 2.75) is 52.4 Å². The van der Waals surface area contributed by atoms with E-state index in [1.54, 1.807) is 17.7 Å². The number of ether oxygens (including phenoxy) is 1. The van der Waals surface area contributed by atoms with Gasteiger partial charge in [0.1, 0.15) is 51.4 Å². The highest BCUT2D eigenvalue weighted by atomic mass is 32.1. The molecule has 276 valence electrons. The highest BCUT2D eigenvalue weighted by molar-refractivity contribution is 7.71. The number of methoxy groups -OCH3 is 1. The van der Waals surface area contributed by atoms with Crippen LogP contribution in [0.4, 0.5) is 0 Å². The SMILES string of the molecule is CC(C)(C)c1cc(C(=O)O)c(O)cc1O.COc1ccc(-n2c(-c3cc(C(C)(C)C)c(O)cc3O)n[nH]c2=S)cc1.O=C(O)c1ccc(O)cc1O. The van der Waals surface area contributed by atoms with Crippen molar-refractivity contribution >= 4 is 24.2 Å².